The second-order valence-corrected chi connectivity index (χ2v) is 4.63. The molecule has 1 aliphatic rings. The number of rotatable bonds is 3. The molecule has 0 aromatic heterocycles. The van der Waals surface area contributed by atoms with Gasteiger partial charge in [-0.1, -0.05) is 15.9 Å². The number of amides is 1. The quantitative estimate of drug-likeness (QED) is 0.885. The van der Waals surface area contributed by atoms with Gasteiger partial charge in [0.2, 0.25) is 0 Å². The Morgan fingerprint density at radius 2 is 2.22 bits per heavy atom. The second kappa shape index (κ2) is 5.22. The number of hydrogen-bond acceptors (Lipinski definition) is 3. The first kappa shape index (κ1) is 12.6. The van der Waals surface area contributed by atoms with Crippen LogP contribution in [0.1, 0.15) is 5.56 Å². The fourth-order valence-electron chi connectivity index (χ4n) is 1.55. The Bertz CT molecular complexity index is 539. The zero-order valence-corrected chi connectivity index (χ0v) is 10.9. The lowest BCUT2D eigenvalue weighted by molar-refractivity contribution is -0.137. The third-order valence-electron chi connectivity index (χ3n) is 2.38. The number of carboxylic acid groups (broad SMARTS) is 1. The number of nitrogens with one attached hydrogen (secondary N) is 1. The van der Waals surface area contributed by atoms with E-state index in [1.54, 1.807) is 6.08 Å². The molecule has 6 heteroatoms. The third kappa shape index (κ3) is 2.89. The molecule has 1 amide bonds. The highest BCUT2D eigenvalue weighted by molar-refractivity contribution is 9.10. The normalized spacial score (nSPS) is 13.1. The molecule has 0 aliphatic carbocycles. The number of carboxylic acids is 1. The predicted octanol–water partition coefficient (Wildman–Crippen LogP) is 1.43. The summed E-state index contributed by atoms with van der Waals surface area (Å²) in [6.07, 6.45) is 1.70. The first-order valence-corrected chi connectivity index (χ1v) is 5.98. The van der Waals surface area contributed by atoms with Crippen LogP contribution in [0, 0.1) is 0 Å². The van der Waals surface area contributed by atoms with Crippen molar-refractivity contribution in [3.05, 3.63) is 33.8 Å². The molecule has 0 unspecified atom stereocenters. The molecule has 0 bridgehead atoms. The van der Waals surface area contributed by atoms with Crippen molar-refractivity contribution < 1.29 is 19.4 Å². The molecule has 1 aromatic rings. The predicted molar refractivity (Wildman–Crippen MR) is 68.3 cm³/mol. The van der Waals surface area contributed by atoms with Crippen LogP contribution in [0.2, 0.25) is 0 Å². The van der Waals surface area contributed by atoms with Crippen molar-refractivity contribution in [1.29, 1.82) is 0 Å². The fourth-order valence-corrected chi connectivity index (χ4v) is 1.93. The van der Waals surface area contributed by atoms with Crippen molar-refractivity contribution in [3.8, 4) is 5.75 Å². The summed E-state index contributed by atoms with van der Waals surface area (Å²) >= 11 is 3.33. The van der Waals surface area contributed by atoms with Crippen molar-refractivity contribution in [3.63, 3.8) is 0 Å². The van der Waals surface area contributed by atoms with E-state index in [2.05, 4.69) is 21.2 Å². The van der Waals surface area contributed by atoms with E-state index in [1.165, 1.54) is 0 Å². The van der Waals surface area contributed by atoms with Gasteiger partial charge in [-0.3, -0.25) is 9.59 Å². The van der Waals surface area contributed by atoms with Gasteiger partial charge in [-0.15, -0.1) is 0 Å². The number of carbonyl (C=O) groups is 2. The molecule has 1 aromatic carbocycles. The molecule has 0 atom stereocenters. The lowest BCUT2D eigenvalue weighted by Gasteiger charge is -2.17. The van der Waals surface area contributed by atoms with Crippen LogP contribution < -0.4 is 10.1 Å². The molecule has 2 N–H and O–H groups in total. The Morgan fingerprint density at radius 1 is 1.44 bits per heavy atom. The van der Waals surface area contributed by atoms with Gasteiger partial charge >= 0.3 is 5.97 Å². The maximum Gasteiger partial charge on any atom is 0.322 e. The van der Waals surface area contributed by atoms with Crippen LogP contribution in [-0.2, 0) is 9.59 Å². The van der Waals surface area contributed by atoms with Crippen LogP contribution in [0.3, 0.4) is 0 Å². The van der Waals surface area contributed by atoms with Crippen molar-refractivity contribution in [2.45, 2.75) is 0 Å². The molecular weight excluding hydrogens is 302 g/mol. The summed E-state index contributed by atoms with van der Waals surface area (Å²) in [6, 6.07) is 5.49. The van der Waals surface area contributed by atoms with Crippen LogP contribution in [-0.4, -0.2) is 30.1 Å². The minimum Gasteiger partial charge on any atom is -0.488 e. The highest BCUT2D eigenvalue weighted by Gasteiger charge is 2.17. The first-order valence-electron chi connectivity index (χ1n) is 5.19. The first-order chi connectivity index (χ1) is 8.56. The van der Waals surface area contributed by atoms with Gasteiger partial charge in [-0.2, -0.15) is 0 Å². The summed E-state index contributed by atoms with van der Waals surface area (Å²) in [4.78, 5) is 22.0. The average molecular weight is 312 g/mol. The standard InChI is InChI=1S/C12H10BrNO4/c13-9-1-2-10-7(4-9)3-8(6-18-10)12(17)14-5-11(15)16/h1-4H,5-6H2,(H,14,17)(H,15,16). The van der Waals surface area contributed by atoms with Crippen LogP contribution in [0.4, 0.5) is 0 Å². The number of aliphatic carboxylic acids is 1. The Labute approximate surface area is 112 Å². The average Bonchev–Trinajstić information content (AvgIpc) is 2.34. The fraction of sp³-hybridized carbons (Fsp3) is 0.167. The van der Waals surface area contributed by atoms with Crippen LogP contribution in [0.15, 0.2) is 28.2 Å². The third-order valence-corrected chi connectivity index (χ3v) is 2.87. The molecule has 0 saturated heterocycles. The number of ether oxygens (including phenoxy) is 1. The van der Waals surface area contributed by atoms with Crippen LogP contribution in [0.25, 0.3) is 6.08 Å². The highest BCUT2D eigenvalue weighted by Crippen LogP contribution is 2.29. The summed E-state index contributed by atoms with van der Waals surface area (Å²) in [5.41, 5.74) is 1.19. The summed E-state index contributed by atoms with van der Waals surface area (Å²) in [6.45, 7) is -0.262. The molecule has 0 saturated carbocycles. The van der Waals surface area contributed by atoms with Gasteiger partial charge < -0.3 is 15.2 Å². The Kier molecular flexibility index (Phi) is 3.66. The molecule has 5 nitrogen and oxygen atoms in total. The van der Waals surface area contributed by atoms with Crippen molar-refractivity contribution in [2.24, 2.45) is 0 Å². The number of fused-ring (bicyclic) bond motifs is 1. The molecule has 0 radical (unpaired) electrons. The number of hydrogen-bond donors (Lipinski definition) is 2. The van der Waals surface area contributed by atoms with Crippen molar-refractivity contribution >= 4 is 33.9 Å². The topological polar surface area (TPSA) is 75.6 Å². The smallest absolute Gasteiger partial charge is 0.322 e. The Morgan fingerprint density at radius 3 is 2.94 bits per heavy atom. The number of benzene rings is 1. The van der Waals surface area contributed by atoms with Gasteiger partial charge in [0.1, 0.15) is 18.9 Å². The van der Waals surface area contributed by atoms with E-state index in [1.807, 2.05) is 18.2 Å². The largest absolute Gasteiger partial charge is 0.488 e. The van der Waals surface area contributed by atoms with E-state index < -0.39 is 18.4 Å². The highest BCUT2D eigenvalue weighted by atomic mass is 79.9. The SMILES string of the molecule is O=C(O)CNC(=O)C1=Cc2cc(Br)ccc2OC1. The monoisotopic (exact) mass is 311 g/mol. The molecule has 1 aliphatic heterocycles. The van der Waals surface area contributed by atoms with E-state index in [0.717, 1.165) is 10.0 Å². The maximum absolute atomic E-state index is 11.7. The van der Waals surface area contributed by atoms with E-state index in [4.69, 9.17) is 9.84 Å². The summed E-state index contributed by atoms with van der Waals surface area (Å²) in [5, 5.41) is 10.8. The summed E-state index contributed by atoms with van der Waals surface area (Å²) in [5.74, 6) is -0.806. The van der Waals surface area contributed by atoms with Crippen LogP contribution in [0.5, 0.6) is 5.75 Å². The van der Waals surface area contributed by atoms with Gasteiger partial charge in [-0.05, 0) is 24.3 Å². The molecule has 94 valence electrons. The minimum atomic E-state index is -1.08. The summed E-state index contributed by atoms with van der Waals surface area (Å²) in [7, 11) is 0. The maximum atomic E-state index is 11.7. The van der Waals surface area contributed by atoms with Crippen molar-refractivity contribution in [1.82, 2.24) is 5.32 Å². The molecule has 0 fully saturated rings. The van der Waals surface area contributed by atoms with Gasteiger partial charge in [0.25, 0.3) is 5.91 Å². The zero-order chi connectivity index (χ0) is 13.1. The number of carbonyl (C=O) groups excluding carboxylic acids is 1. The molecular formula is C12H10BrNO4. The Hall–Kier alpha value is -1.82. The Balaban J connectivity index is 2.16. The molecule has 18 heavy (non-hydrogen) atoms. The zero-order valence-electron chi connectivity index (χ0n) is 9.27. The van der Waals surface area contributed by atoms with Crippen LogP contribution >= 0.6 is 15.9 Å². The molecule has 1 heterocycles. The lowest BCUT2D eigenvalue weighted by atomic mass is 10.1. The van der Waals surface area contributed by atoms with Gasteiger partial charge in [0.15, 0.2) is 0 Å². The van der Waals surface area contributed by atoms with E-state index in [9.17, 15) is 9.59 Å². The van der Waals surface area contributed by atoms with Crippen molar-refractivity contribution in [2.75, 3.05) is 13.2 Å². The lowest BCUT2D eigenvalue weighted by Crippen LogP contribution is -2.32. The van der Waals surface area contributed by atoms with E-state index in [-0.39, 0.29) is 6.61 Å². The second-order valence-electron chi connectivity index (χ2n) is 3.72. The summed E-state index contributed by atoms with van der Waals surface area (Å²) < 4.78 is 6.30. The van der Waals surface area contributed by atoms with E-state index in [0.29, 0.717) is 11.3 Å². The minimum absolute atomic E-state index is 0.139. The van der Waals surface area contributed by atoms with E-state index >= 15 is 0 Å². The van der Waals surface area contributed by atoms with Gasteiger partial charge in [0, 0.05) is 10.0 Å². The van der Waals surface area contributed by atoms with Gasteiger partial charge in [-0.25, -0.2) is 0 Å². The number of halogens is 1. The van der Waals surface area contributed by atoms with Gasteiger partial charge in [0.05, 0.1) is 5.57 Å². The molecule has 2 rings (SSSR count). The molecule has 0 spiro atoms.